The van der Waals surface area contributed by atoms with E-state index < -0.39 is 11.1 Å². The number of carbonyl (C=O) groups is 2. The smallest absolute Gasteiger partial charge is 0.259 e. The van der Waals surface area contributed by atoms with Crippen molar-refractivity contribution in [3.8, 4) is 0 Å². The molecule has 2 aliphatic rings. The molecule has 0 saturated carbocycles. The molecule has 0 fully saturated rings. The van der Waals surface area contributed by atoms with Gasteiger partial charge in [0.15, 0.2) is 0 Å². The first kappa shape index (κ1) is 22.9. The molecule has 0 aromatic rings. The van der Waals surface area contributed by atoms with Crippen LogP contribution in [0.15, 0.2) is 32.6 Å². The molecule has 2 N–H and O–H groups in total. The summed E-state index contributed by atoms with van der Waals surface area (Å²) >= 11 is 0. The number of likely N-dealkylation sites (N-methyl/N-ethyl adjacent to an activating group) is 2. The van der Waals surface area contributed by atoms with Crippen LogP contribution in [0.4, 0.5) is 0 Å². The van der Waals surface area contributed by atoms with Crippen LogP contribution in [0.3, 0.4) is 0 Å². The van der Waals surface area contributed by atoms with Gasteiger partial charge in [0.25, 0.3) is 11.8 Å². The third-order valence-corrected chi connectivity index (χ3v) is 5.22. The van der Waals surface area contributed by atoms with Crippen molar-refractivity contribution in [2.75, 3.05) is 27.2 Å². The molecule has 0 atom stereocenters. The fraction of sp³-hybridized carbons (Fsp3) is 0.556. The maximum absolute atomic E-state index is 12.1. The van der Waals surface area contributed by atoms with Crippen molar-refractivity contribution in [1.29, 1.82) is 0 Å². The number of carbonyl (C=O) groups excluding carboxylic acids is 2. The number of aliphatic hydroxyl groups is 2. The zero-order valence-corrected chi connectivity index (χ0v) is 17.3. The summed E-state index contributed by atoms with van der Waals surface area (Å²) in [5.74, 6) is -0.573. The van der Waals surface area contributed by atoms with Crippen LogP contribution in [0.5, 0.6) is 0 Å². The number of hydrogen-bond acceptors (Lipinski definition) is 6. The van der Waals surface area contributed by atoms with E-state index >= 15 is 0 Å². The van der Waals surface area contributed by atoms with E-state index in [1.165, 1.54) is 22.2 Å². The fourth-order valence-corrected chi connectivity index (χ4v) is 2.71. The van der Waals surface area contributed by atoms with Gasteiger partial charge in [-0.05, 0) is 27.7 Å². The molecule has 2 rings (SSSR count). The maximum atomic E-state index is 12.1. The van der Waals surface area contributed by atoms with E-state index in [-0.39, 0.29) is 64.6 Å². The molecule has 0 aromatic carbocycles. The van der Waals surface area contributed by atoms with Gasteiger partial charge in [-0.3, -0.25) is 19.6 Å². The Hall–Kier alpha value is -2.12. The number of rotatable bonds is 5. The van der Waals surface area contributed by atoms with Crippen LogP contribution in [-0.2, 0) is 26.7 Å². The summed E-state index contributed by atoms with van der Waals surface area (Å²) in [5, 5.41) is 20.3. The Kier molecular flexibility index (Phi) is 6.67. The summed E-state index contributed by atoms with van der Waals surface area (Å²) in [5.41, 5.74) is -1.14. The minimum absolute atomic E-state index is 0. The summed E-state index contributed by atoms with van der Waals surface area (Å²) in [6.45, 7) is 7.58. The molecule has 8 nitrogen and oxygen atoms in total. The van der Waals surface area contributed by atoms with Crippen LogP contribution in [0.25, 0.3) is 0 Å². The number of amides is 2. The Labute approximate surface area is 169 Å². The summed E-state index contributed by atoms with van der Waals surface area (Å²) in [7, 11) is 3.25. The predicted octanol–water partition coefficient (Wildman–Crippen LogP) is 1.25. The molecule has 2 aliphatic heterocycles. The molecule has 0 aromatic heterocycles. The van der Waals surface area contributed by atoms with E-state index in [0.717, 1.165) is 0 Å². The Morgan fingerprint density at radius 1 is 0.815 bits per heavy atom. The Morgan fingerprint density at radius 3 is 1.33 bits per heavy atom. The average Bonchev–Trinajstić information content (AvgIpc) is 2.82. The monoisotopic (exact) mass is 425 g/mol. The van der Waals surface area contributed by atoms with Gasteiger partial charge < -0.3 is 20.0 Å². The summed E-state index contributed by atoms with van der Waals surface area (Å²) in [6, 6.07) is 0. The van der Waals surface area contributed by atoms with Crippen LogP contribution in [0, 0.1) is 0 Å². The second-order valence-electron chi connectivity index (χ2n) is 7.44. The topological polar surface area (TPSA) is 106 Å². The normalized spacial score (nSPS) is 22.0. The molecule has 27 heavy (non-hydrogen) atoms. The zero-order chi connectivity index (χ0) is 19.9. The van der Waals surface area contributed by atoms with Crippen LogP contribution >= 0.6 is 0 Å². The average molecular weight is 426 g/mol. The molecule has 0 aliphatic carbocycles. The molecule has 2 heterocycles. The summed E-state index contributed by atoms with van der Waals surface area (Å²) in [6.07, 6.45) is 2.71. The molecule has 0 spiro atoms. The third-order valence-electron chi connectivity index (χ3n) is 5.22. The van der Waals surface area contributed by atoms with Gasteiger partial charge in [-0.15, -0.1) is 0 Å². The number of aliphatic hydroxyl groups excluding tert-OH is 2. The minimum Gasteiger partial charge on any atom is -0.509 e. The van der Waals surface area contributed by atoms with E-state index in [9.17, 15) is 19.8 Å². The van der Waals surface area contributed by atoms with Gasteiger partial charge in [0.05, 0.1) is 35.3 Å². The van der Waals surface area contributed by atoms with Crippen molar-refractivity contribution in [2.24, 2.45) is 9.98 Å². The van der Waals surface area contributed by atoms with Crippen LogP contribution in [0.1, 0.15) is 27.7 Å². The number of aliphatic imine (C=N–C) groups is 2. The second-order valence-corrected chi connectivity index (χ2v) is 7.44. The van der Waals surface area contributed by atoms with Crippen molar-refractivity contribution < 1.29 is 36.9 Å². The molecule has 9 heteroatoms. The van der Waals surface area contributed by atoms with Crippen LogP contribution in [0.2, 0.25) is 0 Å². The first-order chi connectivity index (χ1) is 11.9. The quantitative estimate of drug-likeness (QED) is 0.392. The SMILES string of the molecule is CN1C(=O)C(C=NCCN=CC2=C(O)C(C)(C)N(C)C2=O)=C(O)C1(C)C.[Cu]. The van der Waals surface area contributed by atoms with Gasteiger partial charge in [-0.1, -0.05) is 0 Å². The predicted molar refractivity (Wildman–Crippen MR) is 99.7 cm³/mol. The second kappa shape index (κ2) is 7.86. The van der Waals surface area contributed by atoms with E-state index in [1.54, 1.807) is 41.8 Å². The van der Waals surface area contributed by atoms with Crippen LogP contribution in [-0.4, -0.2) is 82.5 Å². The first-order valence-corrected chi connectivity index (χ1v) is 8.37. The molecule has 2 amide bonds. The fourth-order valence-electron chi connectivity index (χ4n) is 2.71. The maximum Gasteiger partial charge on any atom is 0.259 e. The Bertz CT molecular complexity index is 701. The summed E-state index contributed by atoms with van der Waals surface area (Å²) in [4.78, 5) is 35.4. The van der Waals surface area contributed by atoms with Gasteiger partial charge in [0.2, 0.25) is 0 Å². The van der Waals surface area contributed by atoms with Crippen molar-refractivity contribution >= 4 is 24.2 Å². The van der Waals surface area contributed by atoms with Crippen molar-refractivity contribution in [1.82, 2.24) is 9.80 Å². The number of hydrogen-bond donors (Lipinski definition) is 2. The zero-order valence-electron chi connectivity index (χ0n) is 16.4. The van der Waals surface area contributed by atoms with Crippen molar-refractivity contribution in [3.05, 3.63) is 22.7 Å². The van der Waals surface area contributed by atoms with E-state index in [0.29, 0.717) is 0 Å². The van der Waals surface area contributed by atoms with Gasteiger partial charge in [0.1, 0.15) is 11.5 Å². The van der Waals surface area contributed by atoms with Gasteiger partial charge >= 0.3 is 0 Å². The largest absolute Gasteiger partial charge is 0.509 e. The molecule has 0 bridgehead atoms. The third kappa shape index (κ3) is 3.80. The molecular formula is C18H26CuN4O4. The molecule has 0 unspecified atom stereocenters. The minimum atomic E-state index is -0.748. The summed E-state index contributed by atoms with van der Waals surface area (Å²) < 4.78 is 0. The van der Waals surface area contributed by atoms with Crippen LogP contribution < -0.4 is 0 Å². The van der Waals surface area contributed by atoms with Crippen molar-refractivity contribution in [2.45, 2.75) is 38.8 Å². The van der Waals surface area contributed by atoms with Gasteiger partial charge in [0, 0.05) is 43.6 Å². The Morgan fingerprint density at radius 2 is 1.11 bits per heavy atom. The Balaban J connectivity index is 0.00000364. The molecule has 0 saturated heterocycles. The van der Waals surface area contributed by atoms with E-state index in [2.05, 4.69) is 9.98 Å². The van der Waals surface area contributed by atoms with Gasteiger partial charge in [-0.25, -0.2) is 0 Å². The molecule has 1 radical (unpaired) electrons. The van der Waals surface area contributed by atoms with E-state index in [4.69, 9.17) is 0 Å². The van der Waals surface area contributed by atoms with Gasteiger partial charge in [-0.2, -0.15) is 0 Å². The first-order valence-electron chi connectivity index (χ1n) is 8.37. The molecular weight excluding hydrogens is 400 g/mol. The molecule has 153 valence electrons. The van der Waals surface area contributed by atoms with E-state index in [1.807, 2.05) is 0 Å². The number of nitrogens with zero attached hydrogens (tertiary/aromatic N) is 4. The van der Waals surface area contributed by atoms with Crippen molar-refractivity contribution in [3.63, 3.8) is 0 Å². The standard InChI is InChI=1S/C18H26N4O4.Cu/c1-17(2)13(23)11(15(25)21(17)5)9-19-7-8-20-10-12-14(24)18(3,4)22(6)16(12)26;/h9-10,23-24H,7-8H2,1-6H3;.